The van der Waals surface area contributed by atoms with Crippen LogP contribution in [0.1, 0.15) is 41.1 Å². The molecule has 2 rings (SSSR count). The Morgan fingerprint density at radius 1 is 1.18 bits per heavy atom. The first-order chi connectivity index (χ1) is 12.7. The Hall–Kier alpha value is -1.85. The number of esters is 1. The maximum absolute atomic E-state index is 13.6. The molecule has 1 aliphatic carbocycles. The first-order valence-electron chi connectivity index (χ1n) is 8.19. The van der Waals surface area contributed by atoms with E-state index in [0.29, 0.717) is 41.0 Å². The fourth-order valence-electron chi connectivity index (χ4n) is 2.76. The van der Waals surface area contributed by atoms with Gasteiger partial charge in [-0.15, -0.1) is 11.3 Å². The molecule has 1 aliphatic rings. The van der Waals surface area contributed by atoms with Crippen molar-refractivity contribution in [2.24, 2.45) is 5.92 Å². The van der Waals surface area contributed by atoms with Gasteiger partial charge in [0.25, 0.3) is 0 Å². The van der Waals surface area contributed by atoms with Crippen molar-refractivity contribution in [1.29, 1.82) is 0 Å². The van der Waals surface area contributed by atoms with Crippen LogP contribution in [0.5, 0.6) is 0 Å². The predicted molar refractivity (Wildman–Crippen MR) is 86.0 cm³/mol. The minimum absolute atomic E-state index is 0.0878. The van der Waals surface area contributed by atoms with Crippen molar-refractivity contribution >= 4 is 28.2 Å². The van der Waals surface area contributed by atoms with Gasteiger partial charge in [0.2, 0.25) is 0 Å². The van der Waals surface area contributed by atoms with E-state index in [2.05, 4.69) is 0 Å². The Kier molecular flexibility index (Phi) is 6.03. The average Bonchev–Trinajstić information content (AvgIpc) is 2.90. The molecule has 1 atom stereocenters. The van der Waals surface area contributed by atoms with Crippen LogP contribution < -0.4 is 5.32 Å². The zero-order valence-electron chi connectivity index (χ0n) is 14.7. The number of hydrogen-bond acceptors (Lipinski definition) is 4. The van der Waals surface area contributed by atoms with E-state index in [4.69, 9.17) is 4.74 Å². The highest BCUT2D eigenvalue weighted by Crippen LogP contribution is 2.48. The quantitative estimate of drug-likeness (QED) is 0.533. The fourth-order valence-corrected chi connectivity index (χ4v) is 4.15. The van der Waals surface area contributed by atoms with E-state index in [9.17, 15) is 40.3 Å². The van der Waals surface area contributed by atoms with Gasteiger partial charge in [-0.05, 0) is 37.7 Å². The predicted octanol–water partition coefficient (Wildman–Crippen LogP) is 4.82. The van der Waals surface area contributed by atoms with Crippen molar-refractivity contribution in [2.45, 2.75) is 51.1 Å². The van der Waals surface area contributed by atoms with Gasteiger partial charge in [-0.2, -0.15) is 30.7 Å². The molecule has 0 bridgehead atoms. The van der Waals surface area contributed by atoms with Gasteiger partial charge >= 0.3 is 29.9 Å². The molecule has 1 heterocycles. The molecule has 1 aromatic heterocycles. The Balaban J connectivity index is 2.43. The second kappa shape index (κ2) is 7.53. The van der Waals surface area contributed by atoms with Gasteiger partial charge in [-0.3, -0.25) is 4.79 Å². The molecule has 12 heteroatoms. The maximum atomic E-state index is 13.6. The molecular weight excluding hydrogens is 419 g/mol. The molecule has 0 saturated heterocycles. The van der Waals surface area contributed by atoms with Crippen LogP contribution in [0.4, 0.5) is 35.7 Å². The number of anilines is 1. The summed E-state index contributed by atoms with van der Waals surface area (Å²) in [7, 11) is 0. The summed E-state index contributed by atoms with van der Waals surface area (Å²) in [5.74, 6) is -16.3. The third kappa shape index (κ3) is 3.83. The number of fused-ring (bicyclic) bond motifs is 1. The number of nitrogens with one attached hydrogen (secondary N) is 1. The summed E-state index contributed by atoms with van der Waals surface area (Å²) in [6.45, 7) is 3.27. The third-order valence-electron chi connectivity index (χ3n) is 4.25. The monoisotopic (exact) mass is 435 g/mol. The summed E-state index contributed by atoms with van der Waals surface area (Å²) < 4.78 is 95.1. The number of carbonyl (C=O) groups excluding carboxylic acids is 2. The molecule has 1 amide bonds. The van der Waals surface area contributed by atoms with E-state index in [-0.39, 0.29) is 18.1 Å². The fraction of sp³-hybridized carbons (Fsp3) is 0.625. The topological polar surface area (TPSA) is 55.4 Å². The van der Waals surface area contributed by atoms with E-state index >= 15 is 0 Å². The van der Waals surface area contributed by atoms with Gasteiger partial charge in [0.05, 0.1) is 12.2 Å². The van der Waals surface area contributed by atoms with Crippen LogP contribution in [0, 0.1) is 5.92 Å². The van der Waals surface area contributed by atoms with Crippen molar-refractivity contribution in [2.75, 3.05) is 11.9 Å². The summed E-state index contributed by atoms with van der Waals surface area (Å²) in [6, 6.07) is 0. The molecule has 0 unspecified atom stereocenters. The Morgan fingerprint density at radius 3 is 2.32 bits per heavy atom. The lowest BCUT2D eigenvalue weighted by Crippen LogP contribution is -2.57. The number of alkyl halides is 7. The van der Waals surface area contributed by atoms with Crippen LogP contribution in [0.25, 0.3) is 0 Å². The van der Waals surface area contributed by atoms with Crippen LogP contribution in [0.2, 0.25) is 0 Å². The maximum Gasteiger partial charge on any atom is 0.460 e. The van der Waals surface area contributed by atoms with E-state index in [1.807, 2.05) is 6.92 Å². The molecule has 1 N–H and O–H groups in total. The van der Waals surface area contributed by atoms with Gasteiger partial charge in [0.1, 0.15) is 5.00 Å². The lowest BCUT2D eigenvalue weighted by Gasteiger charge is -2.26. The van der Waals surface area contributed by atoms with Crippen LogP contribution in [-0.2, 0) is 22.4 Å². The standard InChI is InChI=1S/C16H16F7NO3S/c1-3-27-12(25)10-8-5-4-7(2)6-9(8)28-11(10)24-13(26)14(17,18)15(19,20)16(21,22)23/h7H,3-6H2,1-2H3,(H,24,26)/t7-/m1/s1. The van der Waals surface area contributed by atoms with E-state index < -0.39 is 34.9 Å². The molecule has 0 radical (unpaired) electrons. The number of carbonyl (C=O) groups is 2. The highest BCUT2D eigenvalue weighted by molar-refractivity contribution is 7.17. The average molecular weight is 435 g/mol. The summed E-state index contributed by atoms with van der Waals surface area (Å²) >= 11 is 0.690. The molecule has 0 saturated carbocycles. The molecule has 0 aliphatic heterocycles. The van der Waals surface area contributed by atoms with Crippen LogP contribution in [-0.4, -0.2) is 36.5 Å². The second-order valence-corrected chi connectivity index (χ2v) is 7.48. The number of thiophene rings is 1. The lowest BCUT2D eigenvalue weighted by molar-refractivity contribution is -0.343. The molecule has 1 aromatic rings. The largest absolute Gasteiger partial charge is 0.462 e. The summed E-state index contributed by atoms with van der Waals surface area (Å²) in [4.78, 5) is 24.4. The summed E-state index contributed by atoms with van der Waals surface area (Å²) in [5, 5.41) is 0.862. The molecule has 4 nitrogen and oxygen atoms in total. The van der Waals surface area contributed by atoms with Crippen LogP contribution in [0.3, 0.4) is 0 Å². The van der Waals surface area contributed by atoms with Crippen molar-refractivity contribution in [1.82, 2.24) is 0 Å². The molecule has 28 heavy (non-hydrogen) atoms. The number of ether oxygens (including phenoxy) is 1. The summed E-state index contributed by atoms with van der Waals surface area (Å²) in [5.41, 5.74) is 0.135. The lowest BCUT2D eigenvalue weighted by atomic mass is 9.88. The molecule has 0 spiro atoms. The third-order valence-corrected chi connectivity index (χ3v) is 5.42. The number of hydrogen-bond donors (Lipinski definition) is 1. The smallest absolute Gasteiger partial charge is 0.460 e. The van der Waals surface area contributed by atoms with Crippen molar-refractivity contribution in [3.63, 3.8) is 0 Å². The zero-order chi connectivity index (χ0) is 21.5. The van der Waals surface area contributed by atoms with Gasteiger partial charge in [0, 0.05) is 4.88 Å². The van der Waals surface area contributed by atoms with E-state index in [0.717, 1.165) is 0 Å². The number of halogens is 7. The van der Waals surface area contributed by atoms with Gasteiger partial charge in [-0.25, -0.2) is 4.79 Å². The van der Waals surface area contributed by atoms with E-state index in [1.54, 1.807) is 0 Å². The number of amides is 1. The Morgan fingerprint density at radius 2 is 1.79 bits per heavy atom. The molecular formula is C16H16F7NO3S. The minimum Gasteiger partial charge on any atom is -0.462 e. The van der Waals surface area contributed by atoms with Gasteiger partial charge in [-0.1, -0.05) is 6.92 Å². The van der Waals surface area contributed by atoms with E-state index in [1.165, 1.54) is 12.2 Å². The SMILES string of the molecule is CCOC(=O)c1c(NC(=O)C(F)(F)C(F)(F)C(F)(F)F)sc2c1CC[C@@H](C)C2. The van der Waals surface area contributed by atoms with Crippen molar-refractivity contribution in [3.8, 4) is 0 Å². The molecule has 0 fully saturated rings. The highest BCUT2D eigenvalue weighted by Gasteiger charge is 2.76. The van der Waals surface area contributed by atoms with Gasteiger partial charge in [0.15, 0.2) is 0 Å². The first kappa shape index (κ1) is 22.4. The van der Waals surface area contributed by atoms with Gasteiger partial charge < -0.3 is 10.1 Å². The molecule has 158 valence electrons. The Labute approximate surface area is 159 Å². The first-order valence-corrected chi connectivity index (χ1v) is 9.01. The normalized spacial score (nSPS) is 17.8. The Bertz CT molecular complexity index is 773. The van der Waals surface area contributed by atoms with Crippen molar-refractivity contribution < 1.29 is 45.1 Å². The number of rotatable bonds is 5. The van der Waals surface area contributed by atoms with Crippen LogP contribution >= 0.6 is 11.3 Å². The summed E-state index contributed by atoms with van der Waals surface area (Å²) in [6.07, 6.45) is -5.20. The van der Waals surface area contributed by atoms with Crippen LogP contribution in [0.15, 0.2) is 0 Å². The second-order valence-electron chi connectivity index (χ2n) is 6.38. The highest BCUT2D eigenvalue weighted by atomic mass is 32.1. The van der Waals surface area contributed by atoms with Crippen molar-refractivity contribution in [3.05, 3.63) is 16.0 Å². The molecule has 0 aromatic carbocycles. The minimum atomic E-state index is -6.64. The zero-order valence-corrected chi connectivity index (χ0v) is 15.5.